The number of hydrogen-bond donors (Lipinski definition) is 2. The fraction of sp³-hybridized carbons (Fsp3) is 0.235. The van der Waals surface area contributed by atoms with E-state index in [4.69, 9.17) is 5.73 Å². The second kappa shape index (κ2) is 5.47. The summed E-state index contributed by atoms with van der Waals surface area (Å²) in [5.41, 5.74) is 8.12. The van der Waals surface area contributed by atoms with Gasteiger partial charge in [0.1, 0.15) is 6.04 Å². The van der Waals surface area contributed by atoms with Crippen LogP contribution in [0.1, 0.15) is 29.5 Å². The van der Waals surface area contributed by atoms with Crippen LogP contribution in [0.15, 0.2) is 60.7 Å². The molecule has 0 aromatic heterocycles. The van der Waals surface area contributed by atoms with Crippen LogP contribution in [0.5, 0.6) is 0 Å². The number of carbonyl (C=O) groups is 1. The Morgan fingerprint density at radius 3 is 2.30 bits per heavy atom. The number of nitrogens with two attached hydrogens (primary N) is 1. The lowest BCUT2D eigenvalue weighted by molar-refractivity contribution is -0.122. The molecule has 1 saturated carbocycles. The van der Waals surface area contributed by atoms with E-state index in [-0.39, 0.29) is 11.9 Å². The standard InChI is InChI=1S/C17H18N2O/c18-16(13-9-5-2-6-10-13)17(20)19-15-11-14(15)12-7-3-1-4-8-12/h1-10,14-16H,11,18H2,(H,19,20). The van der Waals surface area contributed by atoms with Gasteiger partial charge in [0, 0.05) is 12.0 Å². The summed E-state index contributed by atoms with van der Waals surface area (Å²) in [5, 5.41) is 3.04. The molecule has 0 spiro atoms. The molecule has 0 bridgehead atoms. The Morgan fingerprint density at radius 2 is 1.65 bits per heavy atom. The fourth-order valence-electron chi connectivity index (χ4n) is 2.51. The Balaban J connectivity index is 1.59. The lowest BCUT2D eigenvalue weighted by Gasteiger charge is -2.12. The molecule has 3 unspecified atom stereocenters. The van der Waals surface area contributed by atoms with Crippen molar-refractivity contribution in [3.63, 3.8) is 0 Å². The lowest BCUT2D eigenvalue weighted by Crippen LogP contribution is -2.35. The topological polar surface area (TPSA) is 55.1 Å². The first-order valence-electron chi connectivity index (χ1n) is 6.91. The average molecular weight is 266 g/mol. The summed E-state index contributed by atoms with van der Waals surface area (Å²) >= 11 is 0. The molecule has 3 atom stereocenters. The van der Waals surface area contributed by atoms with Gasteiger partial charge >= 0.3 is 0 Å². The molecule has 3 rings (SSSR count). The molecule has 0 heterocycles. The predicted molar refractivity (Wildman–Crippen MR) is 79.1 cm³/mol. The molecule has 3 N–H and O–H groups in total. The Labute approximate surface area is 118 Å². The summed E-state index contributed by atoms with van der Waals surface area (Å²) in [6.07, 6.45) is 0.997. The van der Waals surface area contributed by atoms with Crippen LogP contribution in [0.3, 0.4) is 0 Å². The number of nitrogens with one attached hydrogen (secondary N) is 1. The minimum atomic E-state index is -0.590. The number of benzene rings is 2. The van der Waals surface area contributed by atoms with Crippen molar-refractivity contribution in [1.29, 1.82) is 0 Å². The molecule has 2 aromatic carbocycles. The monoisotopic (exact) mass is 266 g/mol. The third-order valence-electron chi connectivity index (χ3n) is 3.79. The molecule has 3 heteroatoms. The lowest BCUT2D eigenvalue weighted by atomic mass is 10.1. The molecular formula is C17H18N2O. The minimum absolute atomic E-state index is 0.0976. The summed E-state index contributed by atoms with van der Waals surface area (Å²) in [6, 6.07) is 19.4. The highest BCUT2D eigenvalue weighted by atomic mass is 16.2. The third-order valence-corrected chi connectivity index (χ3v) is 3.79. The van der Waals surface area contributed by atoms with Crippen LogP contribution in [0.25, 0.3) is 0 Å². The molecule has 0 saturated heterocycles. The molecule has 0 aliphatic heterocycles. The fourth-order valence-corrected chi connectivity index (χ4v) is 2.51. The van der Waals surface area contributed by atoms with Crippen LogP contribution in [0.4, 0.5) is 0 Å². The first kappa shape index (κ1) is 12.9. The molecule has 1 fully saturated rings. The predicted octanol–water partition coefficient (Wildman–Crippen LogP) is 2.36. The van der Waals surface area contributed by atoms with Crippen LogP contribution in [-0.2, 0) is 4.79 Å². The quantitative estimate of drug-likeness (QED) is 0.892. The van der Waals surface area contributed by atoms with E-state index in [1.165, 1.54) is 5.56 Å². The van der Waals surface area contributed by atoms with E-state index >= 15 is 0 Å². The maximum Gasteiger partial charge on any atom is 0.241 e. The van der Waals surface area contributed by atoms with Gasteiger partial charge in [-0.05, 0) is 17.5 Å². The first-order chi connectivity index (χ1) is 9.75. The normalized spacial score (nSPS) is 22.1. The van der Waals surface area contributed by atoms with E-state index in [2.05, 4.69) is 17.4 Å². The van der Waals surface area contributed by atoms with Crippen LogP contribution in [-0.4, -0.2) is 11.9 Å². The Kier molecular flexibility index (Phi) is 3.52. The summed E-state index contributed by atoms with van der Waals surface area (Å²) in [7, 11) is 0. The Morgan fingerprint density at radius 1 is 1.05 bits per heavy atom. The van der Waals surface area contributed by atoms with Crippen molar-refractivity contribution in [2.75, 3.05) is 0 Å². The molecule has 1 amide bonds. The van der Waals surface area contributed by atoms with Crippen molar-refractivity contribution >= 4 is 5.91 Å². The van der Waals surface area contributed by atoms with Crippen LogP contribution < -0.4 is 11.1 Å². The maximum atomic E-state index is 12.1. The number of hydrogen-bond acceptors (Lipinski definition) is 2. The van der Waals surface area contributed by atoms with Gasteiger partial charge < -0.3 is 11.1 Å². The van der Waals surface area contributed by atoms with E-state index in [1.807, 2.05) is 48.5 Å². The van der Waals surface area contributed by atoms with E-state index in [9.17, 15) is 4.79 Å². The highest BCUT2D eigenvalue weighted by molar-refractivity contribution is 5.83. The number of rotatable bonds is 4. The van der Waals surface area contributed by atoms with E-state index in [1.54, 1.807) is 0 Å². The summed E-state index contributed by atoms with van der Waals surface area (Å²) < 4.78 is 0. The van der Waals surface area contributed by atoms with Gasteiger partial charge in [0.25, 0.3) is 0 Å². The van der Waals surface area contributed by atoms with Crippen molar-refractivity contribution in [1.82, 2.24) is 5.32 Å². The molecule has 20 heavy (non-hydrogen) atoms. The van der Waals surface area contributed by atoms with Crippen molar-refractivity contribution < 1.29 is 4.79 Å². The Bertz CT molecular complexity index is 582. The van der Waals surface area contributed by atoms with Crippen molar-refractivity contribution in [2.45, 2.75) is 24.4 Å². The molecule has 2 aromatic rings. The molecule has 1 aliphatic rings. The van der Waals surface area contributed by atoms with Crippen LogP contribution in [0.2, 0.25) is 0 Å². The molecule has 102 valence electrons. The first-order valence-corrected chi connectivity index (χ1v) is 6.91. The second-order valence-electron chi connectivity index (χ2n) is 5.26. The van der Waals surface area contributed by atoms with Gasteiger partial charge in [0.05, 0.1) is 0 Å². The van der Waals surface area contributed by atoms with Crippen molar-refractivity contribution in [3.05, 3.63) is 71.8 Å². The number of amides is 1. The van der Waals surface area contributed by atoms with Gasteiger partial charge in [-0.1, -0.05) is 60.7 Å². The van der Waals surface area contributed by atoms with E-state index < -0.39 is 6.04 Å². The highest BCUT2D eigenvalue weighted by Gasteiger charge is 2.40. The minimum Gasteiger partial charge on any atom is -0.351 e. The van der Waals surface area contributed by atoms with Crippen LogP contribution >= 0.6 is 0 Å². The SMILES string of the molecule is NC(C(=O)NC1CC1c1ccccc1)c1ccccc1. The smallest absolute Gasteiger partial charge is 0.241 e. The van der Waals surface area contributed by atoms with Gasteiger partial charge in [-0.25, -0.2) is 0 Å². The second-order valence-corrected chi connectivity index (χ2v) is 5.26. The summed E-state index contributed by atoms with van der Waals surface area (Å²) in [4.78, 5) is 12.1. The summed E-state index contributed by atoms with van der Waals surface area (Å²) in [6.45, 7) is 0. The number of carbonyl (C=O) groups excluding carboxylic acids is 1. The molecule has 0 radical (unpaired) electrons. The third kappa shape index (κ3) is 2.73. The maximum absolute atomic E-state index is 12.1. The van der Waals surface area contributed by atoms with E-state index in [0.717, 1.165) is 12.0 Å². The van der Waals surface area contributed by atoms with Gasteiger partial charge in [0.15, 0.2) is 0 Å². The average Bonchev–Trinajstić information content (AvgIpc) is 3.27. The molecule has 1 aliphatic carbocycles. The zero-order chi connectivity index (χ0) is 13.9. The highest BCUT2D eigenvalue weighted by Crippen LogP contribution is 2.40. The van der Waals surface area contributed by atoms with Gasteiger partial charge in [0.2, 0.25) is 5.91 Å². The zero-order valence-corrected chi connectivity index (χ0v) is 11.2. The zero-order valence-electron chi connectivity index (χ0n) is 11.2. The largest absolute Gasteiger partial charge is 0.351 e. The van der Waals surface area contributed by atoms with E-state index in [0.29, 0.717) is 5.92 Å². The van der Waals surface area contributed by atoms with Crippen molar-refractivity contribution in [2.24, 2.45) is 5.73 Å². The molecule has 3 nitrogen and oxygen atoms in total. The van der Waals surface area contributed by atoms with Gasteiger partial charge in [-0.15, -0.1) is 0 Å². The van der Waals surface area contributed by atoms with Crippen LogP contribution in [0, 0.1) is 0 Å². The van der Waals surface area contributed by atoms with Gasteiger partial charge in [-0.3, -0.25) is 4.79 Å². The summed E-state index contributed by atoms with van der Waals surface area (Å²) in [5.74, 6) is 0.336. The van der Waals surface area contributed by atoms with Crippen molar-refractivity contribution in [3.8, 4) is 0 Å². The van der Waals surface area contributed by atoms with Gasteiger partial charge in [-0.2, -0.15) is 0 Å². The molecular weight excluding hydrogens is 248 g/mol. The Hall–Kier alpha value is -2.13.